The van der Waals surface area contributed by atoms with Crippen LogP contribution < -0.4 is 0 Å². The van der Waals surface area contributed by atoms with E-state index in [0.29, 0.717) is 17.5 Å². The zero-order chi connectivity index (χ0) is 24.3. The van der Waals surface area contributed by atoms with Crippen LogP contribution in [0.5, 0.6) is 17.2 Å². The molecule has 0 amide bonds. The van der Waals surface area contributed by atoms with Gasteiger partial charge in [0.1, 0.15) is 17.2 Å². The summed E-state index contributed by atoms with van der Waals surface area (Å²) in [5, 5.41) is 39.3. The molecule has 0 bridgehead atoms. The van der Waals surface area contributed by atoms with E-state index >= 15 is 0 Å². The highest BCUT2D eigenvalue weighted by Crippen LogP contribution is 2.43. The molecule has 8 heteroatoms. The van der Waals surface area contributed by atoms with Gasteiger partial charge < -0.3 is 29.9 Å². The Kier molecular flexibility index (Phi) is 6.14. The zero-order valence-electron chi connectivity index (χ0n) is 18.0. The Morgan fingerprint density at radius 2 is 1.26 bits per heavy atom. The van der Waals surface area contributed by atoms with Crippen molar-refractivity contribution >= 4 is 17.5 Å². The van der Waals surface area contributed by atoms with Crippen LogP contribution in [0.25, 0.3) is 5.57 Å². The van der Waals surface area contributed by atoms with E-state index in [9.17, 15) is 30.0 Å². The third kappa shape index (κ3) is 4.52. The summed E-state index contributed by atoms with van der Waals surface area (Å²) in [6, 6.07) is 18.1. The minimum Gasteiger partial charge on any atom is -0.508 e. The van der Waals surface area contributed by atoms with Crippen molar-refractivity contribution in [3.8, 4) is 17.2 Å². The van der Waals surface area contributed by atoms with E-state index < -0.39 is 23.3 Å². The van der Waals surface area contributed by atoms with Gasteiger partial charge in [-0.1, -0.05) is 36.4 Å². The van der Waals surface area contributed by atoms with Crippen LogP contribution in [0, 0.1) is 0 Å². The number of rotatable bonds is 7. The zero-order valence-corrected chi connectivity index (χ0v) is 18.0. The average Bonchev–Trinajstić information content (AvgIpc) is 3.07. The standard InChI is InChI=1S/C26H22O8/c27-19-7-1-16(2-8-19)13-14-33-25(32)26(15-17-3-9-20(28)10-4-17)22(23(30)24(31)34-26)18-5-11-21(29)12-6-18/h1-12,27-30H,13-15H2/t26-/m1/s1. The van der Waals surface area contributed by atoms with Crippen LogP contribution in [0.2, 0.25) is 0 Å². The fraction of sp³-hybridized carbons (Fsp3) is 0.154. The van der Waals surface area contributed by atoms with Gasteiger partial charge in [0, 0.05) is 12.8 Å². The van der Waals surface area contributed by atoms with Gasteiger partial charge in [0.25, 0.3) is 0 Å². The SMILES string of the molecule is O=C1O[C@@](Cc2ccc(O)cc2)(C(=O)OCCc2ccc(O)cc2)C(c2ccc(O)cc2)=C1O. The molecule has 34 heavy (non-hydrogen) atoms. The lowest BCUT2D eigenvalue weighted by Gasteiger charge is -2.29. The largest absolute Gasteiger partial charge is 0.508 e. The molecule has 0 fully saturated rings. The molecule has 3 aromatic rings. The Balaban J connectivity index is 1.68. The second kappa shape index (κ2) is 9.19. The maximum Gasteiger partial charge on any atom is 0.375 e. The fourth-order valence-electron chi connectivity index (χ4n) is 3.83. The molecule has 4 rings (SSSR count). The maximum atomic E-state index is 13.4. The average molecular weight is 462 g/mol. The topological polar surface area (TPSA) is 134 Å². The molecule has 1 aliphatic heterocycles. The summed E-state index contributed by atoms with van der Waals surface area (Å²) in [7, 11) is 0. The van der Waals surface area contributed by atoms with Crippen molar-refractivity contribution in [2.45, 2.75) is 18.4 Å². The number of carbonyl (C=O) groups excluding carboxylic acids is 2. The van der Waals surface area contributed by atoms with Crippen molar-refractivity contribution in [2.75, 3.05) is 6.61 Å². The second-order valence-corrected chi connectivity index (χ2v) is 7.88. The maximum absolute atomic E-state index is 13.4. The first-order valence-corrected chi connectivity index (χ1v) is 10.5. The van der Waals surface area contributed by atoms with Crippen molar-refractivity contribution < 1.29 is 39.5 Å². The van der Waals surface area contributed by atoms with Crippen LogP contribution in [0.3, 0.4) is 0 Å². The minimum atomic E-state index is -1.98. The van der Waals surface area contributed by atoms with Crippen LogP contribution in [-0.2, 0) is 31.9 Å². The molecular weight excluding hydrogens is 440 g/mol. The van der Waals surface area contributed by atoms with E-state index in [1.807, 2.05) is 0 Å². The summed E-state index contributed by atoms with van der Waals surface area (Å²) < 4.78 is 11.0. The molecule has 3 aromatic carbocycles. The smallest absolute Gasteiger partial charge is 0.375 e. The van der Waals surface area contributed by atoms with Crippen LogP contribution in [0.15, 0.2) is 78.6 Å². The quantitative estimate of drug-likeness (QED) is 0.393. The molecule has 0 saturated carbocycles. The molecule has 1 aliphatic rings. The van der Waals surface area contributed by atoms with E-state index in [2.05, 4.69) is 0 Å². The lowest BCUT2D eigenvalue weighted by molar-refractivity contribution is -0.171. The number of hydrogen-bond donors (Lipinski definition) is 4. The van der Waals surface area contributed by atoms with Crippen LogP contribution in [0.1, 0.15) is 16.7 Å². The third-order valence-electron chi connectivity index (χ3n) is 5.54. The first kappa shape index (κ1) is 22.7. The van der Waals surface area contributed by atoms with Crippen molar-refractivity contribution in [3.63, 3.8) is 0 Å². The normalized spacial score (nSPS) is 17.5. The Morgan fingerprint density at radius 1 is 0.765 bits per heavy atom. The number of ether oxygens (including phenoxy) is 2. The van der Waals surface area contributed by atoms with Gasteiger partial charge in [-0.25, -0.2) is 9.59 Å². The Hall–Kier alpha value is -4.46. The summed E-state index contributed by atoms with van der Waals surface area (Å²) in [5.74, 6) is -2.56. The number of phenols is 3. The molecule has 0 aliphatic carbocycles. The summed E-state index contributed by atoms with van der Waals surface area (Å²) in [4.78, 5) is 25.9. The predicted octanol–water partition coefficient (Wildman–Crippen LogP) is 3.40. The number of aromatic hydroxyl groups is 3. The Morgan fingerprint density at radius 3 is 1.82 bits per heavy atom. The van der Waals surface area contributed by atoms with Gasteiger partial charge in [0.05, 0.1) is 12.2 Å². The van der Waals surface area contributed by atoms with Crippen molar-refractivity contribution in [3.05, 3.63) is 95.2 Å². The third-order valence-corrected chi connectivity index (χ3v) is 5.54. The molecule has 1 atom stereocenters. The van der Waals surface area contributed by atoms with E-state index in [-0.39, 0.29) is 35.8 Å². The second-order valence-electron chi connectivity index (χ2n) is 7.88. The van der Waals surface area contributed by atoms with Crippen LogP contribution in [-0.4, -0.2) is 44.6 Å². The van der Waals surface area contributed by atoms with Crippen molar-refractivity contribution in [2.24, 2.45) is 0 Å². The molecule has 1 heterocycles. The minimum absolute atomic E-state index is 0.0230. The molecule has 174 valence electrons. The fourth-order valence-corrected chi connectivity index (χ4v) is 3.83. The number of aliphatic hydroxyl groups excluding tert-OH is 1. The van der Waals surface area contributed by atoms with Gasteiger partial charge in [0.15, 0.2) is 0 Å². The van der Waals surface area contributed by atoms with Crippen LogP contribution >= 0.6 is 0 Å². The first-order valence-electron chi connectivity index (χ1n) is 10.5. The summed E-state index contributed by atoms with van der Waals surface area (Å²) >= 11 is 0. The lowest BCUT2D eigenvalue weighted by atomic mass is 9.83. The van der Waals surface area contributed by atoms with Gasteiger partial charge in [-0.05, 0) is 53.1 Å². The number of hydrogen-bond acceptors (Lipinski definition) is 8. The summed E-state index contributed by atoms with van der Waals surface area (Å²) in [6.07, 6.45) is 0.191. The molecule has 0 spiro atoms. The van der Waals surface area contributed by atoms with Gasteiger partial charge in [0.2, 0.25) is 11.4 Å². The molecule has 4 N–H and O–H groups in total. The van der Waals surface area contributed by atoms with E-state index in [1.54, 1.807) is 24.3 Å². The van der Waals surface area contributed by atoms with Crippen molar-refractivity contribution in [1.29, 1.82) is 0 Å². The van der Waals surface area contributed by atoms with Gasteiger partial charge in [-0.15, -0.1) is 0 Å². The van der Waals surface area contributed by atoms with Crippen molar-refractivity contribution in [1.82, 2.24) is 0 Å². The highest BCUT2D eigenvalue weighted by molar-refractivity contribution is 6.11. The number of carbonyl (C=O) groups is 2. The Bertz CT molecular complexity index is 1230. The molecule has 0 unspecified atom stereocenters. The van der Waals surface area contributed by atoms with E-state index in [1.165, 1.54) is 48.5 Å². The van der Waals surface area contributed by atoms with E-state index in [4.69, 9.17) is 9.47 Å². The predicted molar refractivity (Wildman–Crippen MR) is 121 cm³/mol. The number of phenolic OH excluding ortho intramolecular Hbond substituents is 3. The number of benzene rings is 3. The number of cyclic esters (lactones) is 1. The lowest BCUT2D eigenvalue weighted by Crippen LogP contribution is -2.44. The highest BCUT2D eigenvalue weighted by atomic mass is 16.6. The number of aliphatic hydroxyl groups is 1. The van der Waals surface area contributed by atoms with Gasteiger partial charge in [-0.3, -0.25) is 0 Å². The van der Waals surface area contributed by atoms with E-state index in [0.717, 1.165) is 5.56 Å². The molecule has 0 saturated heterocycles. The van der Waals surface area contributed by atoms with Crippen LogP contribution in [0.4, 0.5) is 0 Å². The number of esters is 2. The van der Waals surface area contributed by atoms with Gasteiger partial charge >= 0.3 is 11.9 Å². The molecule has 0 radical (unpaired) electrons. The van der Waals surface area contributed by atoms with Gasteiger partial charge in [-0.2, -0.15) is 0 Å². The summed E-state index contributed by atoms with van der Waals surface area (Å²) in [6.45, 7) is -0.0396. The molecule has 0 aromatic heterocycles. The first-order chi connectivity index (χ1) is 16.3. The molecular formula is C26H22O8. The summed E-state index contributed by atoms with van der Waals surface area (Å²) in [5.41, 5.74) is -0.384. The Labute approximate surface area is 194 Å². The highest BCUT2D eigenvalue weighted by Gasteiger charge is 2.55. The molecule has 8 nitrogen and oxygen atoms in total. The monoisotopic (exact) mass is 462 g/mol.